The highest BCUT2D eigenvalue weighted by Crippen LogP contribution is 2.62. The Kier molecular flexibility index (Phi) is 4.56. The molecule has 1 aliphatic heterocycles. The lowest BCUT2D eigenvalue weighted by Crippen LogP contribution is -2.66. The van der Waals surface area contributed by atoms with Gasteiger partial charge >= 0.3 is 0 Å². The molecule has 156 valence electrons. The van der Waals surface area contributed by atoms with E-state index >= 15 is 0 Å². The fraction of sp³-hybridized carbons (Fsp3) is 0.696. The summed E-state index contributed by atoms with van der Waals surface area (Å²) in [5.74, 6) is 2.58. The van der Waals surface area contributed by atoms with E-state index in [9.17, 15) is 9.59 Å². The lowest BCUT2D eigenvalue weighted by atomic mass is 9.46. The van der Waals surface area contributed by atoms with Gasteiger partial charge in [0, 0.05) is 44.8 Å². The third-order valence-corrected chi connectivity index (χ3v) is 7.71. The average Bonchev–Trinajstić information content (AvgIpc) is 2.92. The topological polar surface area (TPSA) is 65.5 Å². The molecule has 0 radical (unpaired) electrons. The first-order valence-corrected chi connectivity index (χ1v) is 11.2. The van der Waals surface area contributed by atoms with Crippen molar-refractivity contribution in [1.82, 2.24) is 15.2 Å². The maximum Gasteiger partial charge on any atom is 0.228 e. The molecule has 0 aromatic carbocycles. The predicted octanol–water partition coefficient (Wildman–Crippen LogP) is 2.60. The summed E-state index contributed by atoms with van der Waals surface area (Å²) >= 11 is 0. The Labute approximate surface area is 173 Å². The maximum atomic E-state index is 13.9. The molecule has 2 heterocycles. The van der Waals surface area contributed by atoms with Crippen molar-refractivity contribution in [3.05, 3.63) is 24.4 Å². The molecule has 6 nitrogen and oxygen atoms in total. The van der Waals surface area contributed by atoms with Crippen LogP contribution in [0.5, 0.6) is 0 Å². The van der Waals surface area contributed by atoms with Crippen LogP contribution in [0.2, 0.25) is 0 Å². The summed E-state index contributed by atoms with van der Waals surface area (Å²) in [5.41, 5.74) is -0.399. The van der Waals surface area contributed by atoms with Crippen molar-refractivity contribution in [3.8, 4) is 0 Å². The van der Waals surface area contributed by atoms with Gasteiger partial charge in [-0.3, -0.25) is 9.59 Å². The second-order valence-electron chi connectivity index (χ2n) is 10.0. The van der Waals surface area contributed by atoms with Gasteiger partial charge in [-0.2, -0.15) is 0 Å². The molecule has 4 bridgehead atoms. The number of nitrogens with one attached hydrogen (secondary N) is 1. The van der Waals surface area contributed by atoms with Gasteiger partial charge in [0.15, 0.2) is 0 Å². The van der Waals surface area contributed by atoms with E-state index in [1.54, 1.807) is 6.92 Å². The van der Waals surface area contributed by atoms with Crippen LogP contribution in [0.25, 0.3) is 0 Å². The SMILES string of the molecule is CC(=O)NC12C[C@H]3C[C@@H](C1)CC(C(=O)N1CCCN(c4ccccn4)CC1)(C3)C2. The van der Waals surface area contributed by atoms with E-state index in [2.05, 4.69) is 20.1 Å². The quantitative estimate of drug-likeness (QED) is 0.853. The minimum absolute atomic E-state index is 0.0512. The number of aromatic nitrogens is 1. The minimum atomic E-state index is -0.257. The van der Waals surface area contributed by atoms with Crippen LogP contribution in [0.1, 0.15) is 51.9 Å². The average molecular weight is 397 g/mol. The summed E-state index contributed by atoms with van der Waals surface area (Å²) in [5, 5.41) is 3.28. The zero-order valence-corrected chi connectivity index (χ0v) is 17.4. The zero-order valence-electron chi connectivity index (χ0n) is 17.4. The van der Waals surface area contributed by atoms with Crippen LogP contribution in [-0.2, 0) is 9.59 Å². The van der Waals surface area contributed by atoms with Crippen LogP contribution in [0, 0.1) is 17.3 Å². The van der Waals surface area contributed by atoms with Crippen LogP contribution >= 0.6 is 0 Å². The maximum absolute atomic E-state index is 13.9. The monoisotopic (exact) mass is 396 g/mol. The van der Waals surface area contributed by atoms with Crippen molar-refractivity contribution in [2.75, 3.05) is 31.1 Å². The van der Waals surface area contributed by atoms with Crippen molar-refractivity contribution < 1.29 is 9.59 Å². The molecule has 2 amide bonds. The standard InChI is InChI=1S/C23H32N4O2/c1-17(28)25-23-14-18-11-19(15-23)13-22(12-18,16-23)21(29)27-8-4-7-26(9-10-27)20-5-2-3-6-24-20/h2-3,5-6,18-19H,4,7-16H2,1H3,(H,25,28)/t18-,19+,22?,23?. The number of carbonyl (C=O) groups is 2. The second-order valence-corrected chi connectivity index (χ2v) is 10.0. The van der Waals surface area contributed by atoms with Crippen molar-refractivity contribution in [3.63, 3.8) is 0 Å². The number of rotatable bonds is 3. The van der Waals surface area contributed by atoms with Gasteiger partial charge in [-0.25, -0.2) is 4.98 Å². The number of pyridine rings is 1. The molecule has 5 fully saturated rings. The van der Waals surface area contributed by atoms with Gasteiger partial charge < -0.3 is 15.1 Å². The summed E-state index contributed by atoms with van der Waals surface area (Å²) in [4.78, 5) is 34.7. The highest BCUT2D eigenvalue weighted by Gasteiger charge is 2.61. The molecule has 6 heteroatoms. The molecule has 2 unspecified atom stereocenters. The summed E-state index contributed by atoms with van der Waals surface area (Å²) < 4.78 is 0. The first-order valence-electron chi connectivity index (χ1n) is 11.2. The molecule has 4 aliphatic carbocycles. The number of carbonyl (C=O) groups excluding carboxylic acids is 2. The molecular formula is C23H32N4O2. The van der Waals surface area contributed by atoms with E-state index in [0.717, 1.165) is 70.5 Å². The van der Waals surface area contributed by atoms with Crippen LogP contribution in [0.15, 0.2) is 24.4 Å². The molecule has 1 N–H and O–H groups in total. The van der Waals surface area contributed by atoms with E-state index in [0.29, 0.717) is 17.7 Å². The fourth-order valence-electron chi connectivity index (χ4n) is 7.26. The summed E-state index contributed by atoms with van der Waals surface area (Å²) in [6.07, 6.45) is 9.04. The molecule has 1 aromatic rings. The van der Waals surface area contributed by atoms with E-state index in [1.165, 1.54) is 6.42 Å². The number of nitrogens with zero attached hydrogens (tertiary/aromatic N) is 3. The number of amides is 2. The Morgan fingerprint density at radius 1 is 1.07 bits per heavy atom. The van der Waals surface area contributed by atoms with Gasteiger partial charge in [-0.05, 0) is 68.9 Å². The summed E-state index contributed by atoms with van der Waals surface area (Å²) in [6, 6.07) is 6.01. The van der Waals surface area contributed by atoms with Gasteiger partial charge in [0.25, 0.3) is 0 Å². The van der Waals surface area contributed by atoms with Crippen molar-refractivity contribution >= 4 is 17.6 Å². The molecular weight excluding hydrogens is 364 g/mol. The third-order valence-electron chi connectivity index (χ3n) is 7.71. The molecule has 6 rings (SSSR count). The van der Waals surface area contributed by atoms with Gasteiger partial charge in [-0.15, -0.1) is 0 Å². The first kappa shape index (κ1) is 18.9. The van der Waals surface area contributed by atoms with Gasteiger partial charge in [-0.1, -0.05) is 6.07 Å². The minimum Gasteiger partial charge on any atom is -0.355 e. The smallest absolute Gasteiger partial charge is 0.228 e. The zero-order chi connectivity index (χ0) is 20.1. The second kappa shape index (κ2) is 6.99. The number of hydrogen-bond acceptors (Lipinski definition) is 4. The number of hydrogen-bond donors (Lipinski definition) is 1. The Morgan fingerprint density at radius 2 is 1.86 bits per heavy atom. The van der Waals surface area contributed by atoms with E-state index < -0.39 is 0 Å². The predicted molar refractivity (Wildman–Crippen MR) is 111 cm³/mol. The van der Waals surface area contributed by atoms with Crippen LogP contribution < -0.4 is 10.2 Å². The molecule has 4 atom stereocenters. The van der Waals surface area contributed by atoms with E-state index in [-0.39, 0.29) is 16.9 Å². The lowest BCUT2D eigenvalue weighted by Gasteiger charge is -2.61. The van der Waals surface area contributed by atoms with Crippen molar-refractivity contribution in [1.29, 1.82) is 0 Å². The lowest BCUT2D eigenvalue weighted by molar-refractivity contribution is -0.163. The largest absolute Gasteiger partial charge is 0.355 e. The van der Waals surface area contributed by atoms with Gasteiger partial charge in [0.1, 0.15) is 5.82 Å². The van der Waals surface area contributed by atoms with E-state index in [1.807, 2.05) is 24.4 Å². The molecule has 5 aliphatic rings. The van der Waals surface area contributed by atoms with Crippen molar-refractivity contribution in [2.45, 2.75) is 57.4 Å². The summed E-state index contributed by atoms with van der Waals surface area (Å²) in [7, 11) is 0. The molecule has 1 aromatic heterocycles. The fourth-order valence-corrected chi connectivity index (χ4v) is 7.26. The Morgan fingerprint density at radius 3 is 2.55 bits per heavy atom. The first-order chi connectivity index (χ1) is 14.0. The molecule has 0 spiro atoms. The highest BCUT2D eigenvalue weighted by molar-refractivity contribution is 5.84. The van der Waals surface area contributed by atoms with Crippen LogP contribution in [0.3, 0.4) is 0 Å². The third kappa shape index (κ3) is 3.40. The number of anilines is 1. The van der Waals surface area contributed by atoms with Crippen molar-refractivity contribution in [2.24, 2.45) is 17.3 Å². The normalized spacial score (nSPS) is 36.0. The Balaban J connectivity index is 1.33. The van der Waals surface area contributed by atoms with Crippen LogP contribution in [0.4, 0.5) is 5.82 Å². The molecule has 4 saturated carbocycles. The van der Waals surface area contributed by atoms with E-state index in [4.69, 9.17) is 0 Å². The van der Waals surface area contributed by atoms with Crippen LogP contribution in [-0.4, -0.2) is 53.4 Å². The highest BCUT2D eigenvalue weighted by atomic mass is 16.2. The van der Waals surface area contributed by atoms with Gasteiger partial charge in [0.2, 0.25) is 11.8 Å². The summed E-state index contributed by atoms with van der Waals surface area (Å²) in [6.45, 7) is 4.98. The molecule has 1 saturated heterocycles. The Bertz CT molecular complexity index is 781. The molecule has 29 heavy (non-hydrogen) atoms. The Hall–Kier alpha value is -2.11. The van der Waals surface area contributed by atoms with Gasteiger partial charge in [0.05, 0.1) is 5.41 Å².